The molecule has 3 aromatic rings. The average molecular weight is 403 g/mol. The first-order chi connectivity index (χ1) is 14.7. The quantitative estimate of drug-likeness (QED) is 0.666. The maximum Gasteiger partial charge on any atom is 0.231 e. The van der Waals surface area contributed by atoms with Crippen molar-refractivity contribution in [2.45, 2.75) is 38.6 Å². The molecule has 3 aliphatic rings. The highest BCUT2D eigenvalue weighted by atomic mass is 16.7. The molecule has 0 aliphatic carbocycles. The molecule has 1 spiro atoms. The Morgan fingerprint density at radius 2 is 2.00 bits per heavy atom. The van der Waals surface area contributed by atoms with Gasteiger partial charge in [-0.15, -0.1) is 0 Å². The molecule has 4 heterocycles. The Balaban J connectivity index is 1.21. The van der Waals surface area contributed by atoms with Gasteiger partial charge < -0.3 is 18.8 Å². The lowest BCUT2D eigenvalue weighted by Gasteiger charge is -2.35. The van der Waals surface area contributed by atoms with Crippen LogP contribution in [0.1, 0.15) is 23.4 Å². The van der Waals surface area contributed by atoms with Crippen LogP contribution in [0.5, 0.6) is 11.5 Å². The third kappa shape index (κ3) is 3.07. The van der Waals surface area contributed by atoms with Crippen LogP contribution in [-0.4, -0.2) is 39.9 Å². The molecule has 154 valence electrons. The molecule has 3 aliphatic heterocycles. The summed E-state index contributed by atoms with van der Waals surface area (Å²) in [5, 5.41) is 0. The molecular formula is C24H25N3O3. The largest absolute Gasteiger partial charge is 0.454 e. The summed E-state index contributed by atoms with van der Waals surface area (Å²) in [4.78, 5) is 7.11. The first kappa shape index (κ1) is 18.0. The van der Waals surface area contributed by atoms with Crippen molar-refractivity contribution in [2.24, 2.45) is 0 Å². The number of likely N-dealkylation sites (tertiary alicyclic amines) is 1. The summed E-state index contributed by atoms with van der Waals surface area (Å²) in [6, 6.07) is 14.9. The highest BCUT2D eigenvalue weighted by Gasteiger charge is 2.43. The molecule has 2 aromatic carbocycles. The standard InChI is InChI=1S/C24H25N3O3/c1-17-3-2-4-19(9-17)20-11-25-23-13-30-24(15-27(20)23)7-8-26(14-24)12-18-5-6-21-22(10-18)29-16-28-21/h2-6,9-11H,7-8,12-16H2,1H3. The van der Waals surface area contributed by atoms with Crippen LogP contribution in [0.4, 0.5) is 0 Å². The third-order valence-electron chi connectivity index (χ3n) is 6.44. The van der Waals surface area contributed by atoms with Gasteiger partial charge >= 0.3 is 0 Å². The van der Waals surface area contributed by atoms with Crippen molar-refractivity contribution in [1.29, 1.82) is 0 Å². The number of aromatic nitrogens is 2. The van der Waals surface area contributed by atoms with Crippen LogP contribution in [-0.2, 0) is 24.4 Å². The molecule has 1 atom stereocenters. The number of benzene rings is 2. The van der Waals surface area contributed by atoms with Crippen molar-refractivity contribution in [3.8, 4) is 22.8 Å². The summed E-state index contributed by atoms with van der Waals surface area (Å²) in [6.45, 7) is 6.71. The summed E-state index contributed by atoms with van der Waals surface area (Å²) in [5.41, 5.74) is 4.77. The first-order valence-electron chi connectivity index (χ1n) is 10.5. The van der Waals surface area contributed by atoms with Crippen molar-refractivity contribution < 1.29 is 14.2 Å². The molecule has 0 saturated carbocycles. The van der Waals surface area contributed by atoms with Gasteiger partial charge in [0.1, 0.15) is 18.0 Å². The minimum atomic E-state index is -0.150. The summed E-state index contributed by atoms with van der Waals surface area (Å²) in [7, 11) is 0. The fourth-order valence-corrected chi connectivity index (χ4v) is 4.90. The van der Waals surface area contributed by atoms with Gasteiger partial charge in [0.05, 0.1) is 18.4 Å². The molecule has 1 unspecified atom stereocenters. The molecule has 0 radical (unpaired) electrons. The zero-order chi connectivity index (χ0) is 20.1. The number of rotatable bonds is 3. The molecule has 6 rings (SSSR count). The van der Waals surface area contributed by atoms with E-state index in [0.29, 0.717) is 13.4 Å². The number of fused-ring (bicyclic) bond motifs is 2. The maximum absolute atomic E-state index is 6.40. The summed E-state index contributed by atoms with van der Waals surface area (Å²) < 4.78 is 19.7. The second kappa shape index (κ2) is 6.86. The van der Waals surface area contributed by atoms with Gasteiger partial charge in [-0.05, 0) is 37.1 Å². The van der Waals surface area contributed by atoms with Gasteiger partial charge in [-0.3, -0.25) is 4.90 Å². The van der Waals surface area contributed by atoms with Crippen LogP contribution in [0, 0.1) is 6.92 Å². The number of imidazole rings is 1. The Kier molecular flexibility index (Phi) is 4.11. The minimum Gasteiger partial charge on any atom is -0.454 e. The fraction of sp³-hybridized carbons (Fsp3) is 0.375. The van der Waals surface area contributed by atoms with Gasteiger partial charge in [-0.2, -0.15) is 0 Å². The molecule has 1 fully saturated rings. The third-order valence-corrected chi connectivity index (χ3v) is 6.44. The van der Waals surface area contributed by atoms with Crippen molar-refractivity contribution >= 4 is 0 Å². The second-order valence-electron chi connectivity index (χ2n) is 8.64. The molecule has 6 heteroatoms. The van der Waals surface area contributed by atoms with Crippen LogP contribution in [0.15, 0.2) is 48.7 Å². The van der Waals surface area contributed by atoms with E-state index in [2.05, 4.69) is 57.8 Å². The van der Waals surface area contributed by atoms with E-state index in [1.54, 1.807) is 0 Å². The van der Waals surface area contributed by atoms with Gasteiger partial charge in [-0.25, -0.2) is 4.98 Å². The van der Waals surface area contributed by atoms with Gasteiger partial charge in [0.15, 0.2) is 11.5 Å². The number of nitrogens with zero attached hydrogens (tertiary/aromatic N) is 3. The molecule has 6 nitrogen and oxygen atoms in total. The molecule has 1 saturated heterocycles. The van der Waals surface area contributed by atoms with Crippen LogP contribution in [0.3, 0.4) is 0 Å². The monoisotopic (exact) mass is 403 g/mol. The average Bonchev–Trinajstić information content (AvgIpc) is 3.47. The molecular weight excluding hydrogens is 378 g/mol. The number of aryl methyl sites for hydroxylation is 1. The molecule has 0 N–H and O–H groups in total. The van der Waals surface area contributed by atoms with Gasteiger partial charge in [-0.1, -0.05) is 29.8 Å². The molecule has 1 aromatic heterocycles. The Morgan fingerprint density at radius 1 is 1.07 bits per heavy atom. The Bertz CT molecular complexity index is 1110. The maximum atomic E-state index is 6.40. The van der Waals surface area contributed by atoms with Crippen LogP contribution in [0.2, 0.25) is 0 Å². The number of hydrogen-bond donors (Lipinski definition) is 0. The Morgan fingerprint density at radius 3 is 2.93 bits per heavy atom. The zero-order valence-electron chi connectivity index (χ0n) is 17.1. The molecule has 30 heavy (non-hydrogen) atoms. The first-order valence-corrected chi connectivity index (χ1v) is 10.5. The van der Waals surface area contributed by atoms with Crippen molar-refractivity contribution in [3.63, 3.8) is 0 Å². The minimum absolute atomic E-state index is 0.150. The topological polar surface area (TPSA) is 48.8 Å². The van der Waals surface area contributed by atoms with E-state index in [4.69, 9.17) is 14.2 Å². The summed E-state index contributed by atoms with van der Waals surface area (Å²) >= 11 is 0. The smallest absolute Gasteiger partial charge is 0.231 e. The normalized spacial score (nSPS) is 22.6. The van der Waals surface area contributed by atoms with E-state index in [1.807, 2.05) is 12.3 Å². The van der Waals surface area contributed by atoms with E-state index < -0.39 is 0 Å². The lowest BCUT2D eigenvalue weighted by Crippen LogP contribution is -2.44. The highest BCUT2D eigenvalue weighted by molar-refractivity contribution is 5.60. The van der Waals surface area contributed by atoms with Crippen LogP contribution >= 0.6 is 0 Å². The zero-order valence-corrected chi connectivity index (χ0v) is 17.1. The highest BCUT2D eigenvalue weighted by Crippen LogP contribution is 2.37. The van der Waals surface area contributed by atoms with E-state index >= 15 is 0 Å². The second-order valence-corrected chi connectivity index (χ2v) is 8.64. The van der Waals surface area contributed by atoms with Gasteiger partial charge in [0, 0.05) is 25.2 Å². The number of ether oxygens (including phenoxy) is 3. The predicted molar refractivity (Wildman–Crippen MR) is 112 cm³/mol. The van der Waals surface area contributed by atoms with Crippen molar-refractivity contribution in [1.82, 2.24) is 14.5 Å². The Hall–Kier alpha value is -2.83. The van der Waals surface area contributed by atoms with Gasteiger partial charge in [0.25, 0.3) is 0 Å². The van der Waals surface area contributed by atoms with Crippen molar-refractivity contribution in [2.75, 3.05) is 19.9 Å². The number of hydrogen-bond acceptors (Lipinski definition) is 5. The summed E-state index contributed by atoms with van der Waals surface area (Å²) in [5.74, 6) is 2.70. The van der Waals surface area contributed by atoms with E-state index in [-0.39, 0.29) is 5.60 Å². The van der Waals surface area contributed by atoms with E-state index in [1.165, 1.54) is 22.4 Å². The van der Waals surface area contributed by atoms with Crippen LogP contribution < -0.4 is 9.47 Å². The lowest BCUT2D eigenvalue weighted by atomic mass is 10.0. The lowest BCUT2D eigenvalue weighted by molar-refractivity contribution is -0.0821. The fourth-order valence-electron chi connectivity index (χ4n) is 4.90. The van der Waals surface area contributed by atoms with Crippen molar-refractivity contribution in [3.05, 3.63) is 65.6 Å². The summed E-state index contributed by atoms with van der Waals surface area (Å²) in [6.07, 6.45) is 3.02. The van der Waals surface area contributed by atoms with E-state index in [0.717, 1.165) is 49.9 Å². The SMILES string of the molecule is Cc1cccc(-c2cnc3n2CC2(CCN(Cc4ccc5c(c4)OCO5)C2)OC3)c1. The molecule has 0 amide bonds. The molecule has 0 bridgehead atoms. The van der Waals surface area contributed by atoms with Gasteiger partial charge in [0.2, 0.25) is 6.79 Å². The Labute approximate surface area is 176 Å². The predicted octanol–water partition coefficient (Wildman–Crippen LogP) is 3.76. The van der Waals surface area contributed by atoms with Crippen LogP contribution in [0.25, 0.3) is 11.3 Å². The van der Waals surface area contributed by atoms with E-state index in [9.17, 15) is 0 Å².